The van der Waals surface area contributed by atoms with Gasteiger partial charge in [0.2, 0.25) is 0 Å². The van der Waals surface area contributed by atoms with Gasteiger partial charge in [-0.05, 0) is 24.6 Å². The van der Waals surface area contributed by atoms with Crippen molar-refractivity contribution in [1.82, 2.24) is 0 Å². The summed E-state index contributed by atoms with van der Waals surface area (Å²) in [5, 5.41) is -0.327. The van der Waals surface area contributed by atoms with Gasteiger partial charge < -0.3 is 4.18 Å². The van der Waals surface area contributed by atoms with Gasteiger partial charge in [0.25, 0.3) is 0 Å². The molecule has 19 heavy (non-hydrogen) atoms. The molecule has 1 aromatic carbocycles. The van der Waals surface area contributed by atoms with Crippen LogP contribution in [0.5, 0.6) is 5.75 Å². The summed E-state index contributed by atoms with van der Waals surface area (Å²) in [4.78, 5) is 10.9. The Bertz CT molecular complexity index is 595. The molecule has 106 valence electrons. The van der Waals surface area contributed by atoms with E-state index < -0.39 is 21.4 Å². The van der Waals surface area contributed by atoms with Crippen LogP contribution in [0.25, 0.3) is 0 Å². The van der Waals surface area contributed by atoms with Crippen molar-refractivity contribution in [3.63, 3.8) is 0 Å². The number of hydrogen-bond acceptors (Lipinski definition) is 4. The fourth-order valence-electron chi connectivity index (χ4n) is 1.17. The highest BCUT2D eigenvalue weighted by Crippen LogP contribution is 2.31. The Morgan fingerprint density at radius 3 is 2.37 bits per heavy atom. The van der Waals surface area contributed by atoms with Crippen LogP contribution < -0.4 is 4.18 Å². The molecule has 0 spiro atoms. The summed E-state index contributed by atoms with van der Waals surface area (Å²) in [5.41, 5.74) is -5.09. The first-order chi connectivity index (χ1) is 8.53. The van der Waals surface area contributed by atoms with Crippen molar-refractivity contribution in [2.45, 2.75) is 18.9 Å². The van der Waals surface area contributed by atoms with E-state index in [9.17, 15) is 26.4 Å². The van der Waals surface area contributed by atoms with E-state index in [0.29, 0.717) is 5.56 Å². The number of rotatable bonds is 4. The normalized spacial score (nSPS) is 12.3. The number of hydrogen-bond donors (Lipinski definition) is 0. The van der Waals surface area contributed by atoms with E-state index in [0.717, 1.165) is 6.07 Å². The van der Waals surface area contributed by atoms with E-state index in [1.165, 1.54) is 19.1 Å². The first-order valence-corrected chi connectivity index (χ1v) is 6.60. The monoisotopic (exact) mass is 316 g/mol. The maximum Gasteiger partial charge on any atom is 0.534 e. The van der Waals surface area contributed by atoms with Crippen molar-refractivity contribution in [3.8, 4) is 5.75 Å². The van der Waals surface area contributed by atoms with Crippen molar-refractivity contribution in [2.24, 2.45) is 0 Å². The third-order valence-electron chi connectivity index (χ3n) is 1.93. The molecule has 0 radical (unpaired) electrons. The van der Waals surface area contributed by atoms with Gasteiger partial charge in [0, 0.05) is 6.42 Å². The predicted molar refractivity (Wildman–Crippen MR) is 61.4 cm³/mol. The number of carbonyl (C=O) groups excluding carboxylic acids is 1. The molecule has 4 nitrogen and oxygen atoms in total. The van der Waals surface area contributed by atoms with Gasteiger partial charge >= 0.3 is 15.6 Å². The molecular weight excluding hydrogens is 309 g/mol. The van der Waals surface area contributed by atoms with Crippen molar-refractivity contribution in [3.05, 3.63) is 28.8 Å². The van der Waals surface area contributed by atoms with Crippen LogP contribution in [0.3, 0.4) is 0 Å². The summed E-state index contributed by atoms with van der Waals surface area (Å²) in [7, 11) is -5.76. The molecule has 0 heterocycles. The topological polar surface area (TPSA) is 60.4 Å². The van der Waals surface area contributed by atoms with Gasteiger partial charge in [0.05, 0.1) is 5.02 Å². The van der Waals surface area contributed by atoms with E-state index in [2.05, 4.69) is 4.18 Å². The maximum absolute atomic E-state index is 12.1. The lowest BCUT2D eigenvalue weighted by atomic mass is 10.1. The maximum atomic E-state index is 12.1. The summed E-state index contributed by atoms with van der Waals surface area (Å²) in [6.45, 7) is 1.33. The van der Waals surface area contributed by atoms with E-state index in [1.807, 2.05) is 0 Å². The van der Waals surface area contributed by atoms with Gasteiger partial charge in [0.15, 0.2) is 5.75 Å². The third-order valence-corrected chi connectivity index (χ3v) is 3.19. The molecule has 0 amide bonds. The first kappa shape index (κ1) is 15.8. The van der Waals surface area contributed by atoms with Gasteiger partial charge in [-0.25, -0.2) is 0 Å². The quantitative estimate of drug-likeness (QED) is 0.633. The number of Topliss-reactive ketones (excluding diaryl/α,β-unsaturated/α-hetero) is 1. The molecule has 1 rings (SSSR count). The Labute approximate surface area is 112 Å². The predicted octanol–water partition coefficient (Wildman–Crippen LogP) is 2.70. The fraction of sp³-hybridized carbons (Fsp3) is 0.300. The molecule has 0 unspecified atom stereocenters. The second kappa shape index (κ2) is 5.38. The lowest BCUT2D eigenvalue weighted by Crippen LogP contribution is -2.28. The Morgan fingerprint density at radius 1 is 1.37 bits per heavy atom. The van der Waals surface area contributed by atoms with Crippen LogP contribution in [0, 0.1) is 0 Å². The second-order valence-corrected chi connectivity index (χ2v) is 5.57. The Balaban J connectivity index is 3.02. The molecule has 0 fully saturated rings. The summed E-state index contributed by atoms with van der Waals surface area (Å²) >= 11 is 5.60. The molecule has 0 aliphatic rings. The molecule has 0 atom stereocenters. The highest BCUT2D eigenvalue weighted by Gasteiger charge is 2.48. The molecule has 0 saturated carbocycles. The zero-order valence-electron chi connectivity index (χ0n) is 9.49. The minimum absolute atomic E-state index is 0.0338. The van der Waals surface area contributed by atoms with Gasteiger partial charge in [-0.1, -0.05) is 17.7 Å². The van der Waals surface area contributed by atoms with Crippen molar-refractivity contribution < 1.29 is 30.6 Å². The lowest BCUT2D eigenvalue weighted by Gasteiger charge is -2.11. The average molecular weight is 317 g/mol. The highest BCUT2D eigenvalue weighted by molar-refractivity contribution is 7.88. The zero-order valence-corrected chi connectivity index (χ0v) is 11.1. The molecule has 0 N–H and O–H groups in total. The molecule has 0 aromatic heterocycles. The smallest absolute Gasteiger partial charge is 0.374 e. The summed E-state index contributed by atoms with van der Waals surface area (Å²) in [6.07, 6.45) is 0.0338. The van der Waals surface area contributed by atoms with Gasteiger partial charge in [-0.3, -0.25) is 4.79 Å². The SMILES string of the molecule is CC(=O)Cc1ccc(OS(=O)(=O)C(F)(F)F)c(Cl)c1. The van der Waals surface area contributed by atoms with Crippen LogP contribution in [-0.2, 0) is 21.3 Å². The van der Waals surface area contributed by atoms with Crippen LogP contribution >= 0.6 is 11.6 Å². The standard InChI is InChI=1S/C10H8ClF3O4S/c1-6(15)4-7-2-3-9(8(11)5-7)18-19(16,17)10(12,13)14/h2-3,5H,4H2,1H3. The van der Waals surface area contributed by atoms with E-state index in [-0.39, 0.29) is 17.2 Å². The fourth-order valence-corrected chi connectivity index (χ4v) is 1.94. The van der Waals surface area contributed by atoms with Gasteiger partial charge in [0.1, 0.15) is 5.78 Å². The summed E-state index contributed by atoms with van der Waals surface area (Å²) in [5.74, 6) is -0.820. The van der Waals surface area contributed by atoms with Crippen molar-refractivity contribution in [2.75, 3.05) is 0 Å². The Morgan fingerprint density at radius 2 is 1.95 bits per heavy atom. The molecular formula is C10H8ClF3O4S. The minimum Gasteiger partial charge on any atom is -0.374 e. The zero-order chi connectivity index (χ0) is 14.8. The van der Waals surface area contributed by atoms with E-state index >= 15 is 0 Å². The third kappa shape index (κ3) is 4.10. The van der Waals surface area contributed by atoms with Crippen LogP contribution in [0.2, 0.25) is 5.02 Å². The number of alkyl halides is 3. The van der Waals surface area contributed by atoms with Crippen LogP contribution in [-0.4, -0.2) is 19.7 Å². The lowest BCUT2D eigenvalue weighted by molar-refractivity contribution is -0.116. The number of carbonyl (C=O) groups is 1. The van der Waals surface area contributed by atoms with Crippen molar-refractivity contribution in [1.29, 1.82) is 0 Å². The largest absolute Gasteiger partial charge is 0.534 e. The molecule has 0 aliphatic carbocycles. The summed E-state index contributed by atoms with van der Waals surface area (Å²) in [6, 6.07) is 3.39. The number of ketones is 1. The molecule has 0 aliphatic heterocycles. The van der Waals surface area contributed by atoms with Crippen LogP contribution in [0.15, 0.2) is 18.2 Å². The number of benzene rings is 1. The van der Waals surface area contributed by atoms with E-state index in [4.69, 9.17) is 11.6 Å². The summed E-state index contributed by atoms with van der Waals surface area (Å²) < 4.78 is 61.7. The van der Waals surface area contributed by atoms with Crippen molar-refractivity contribution >= 4 is 27.5 Å². The minimum atomic E-state index is -5.76. The second-order valence-electron chi connectivity index (χ2n) is 3.63. The van der Waals surface area contributed by atoms with E-state index in [1.54, 1.807) is 0 Å². The molecule has 1 aromatic rings. The Kier molecular flexibility index (Phi) is 4.46. The first-order valence-electron chi connectivity index (χ1n) is 4.81. The van der Waals surface area contributed by atoms with Gasteiger partial charge in [-0.2, -0.15) is 21.6 Å². The van der Waals surface area contributed by atoms with Crippen LogP contribution in [0.1, 0.15) is 12.5 Å². The van der Waals surface area contributed by atoms with Gasteiger partial charge in [-0.15, -0.1) is 0 Å². The highest BCUT2D eigenvalue weighted by atomic mass is 35.5. The molecule has 0 saturated heterocycles. The average Bonchev–Trinajstić information content (AvgIpc) is 2.19. The number of halogens is 4. The molecule has 0 bridgehead atoms. The van der Waals surface area contributed by atoms with Crippen LogP contribution in [0.4, 0.5) is 13.2 Å². The Hall–Kier alpha value is -1.28. The molecule has 9 heteroatoms.